The van der Waals surface area contributed by atoms with E-state index in [0.717, 1.165) is 12.8 Å². The molecule has 0 bridgehead atoms. The molecule has 0 saturated carbocycles. The summed E-state index contributed by atoms with van der Waals surface area (Å²) in [6.45, 7) is 2.10. The van der Waals surface area contributed by atoms with Crippen LogP contribution in [0.15, 0.2) is 24.3 Å². The van der Waals surface area contributed by atoms with Crippen molar-refractivity contribution >= 4 is 0 Å². The van der Waals surface area contributed by atoms with Crippen molar-refractivity contribution in [3.8, 4) is 0 Å². The van der Waals surface area contributed by atoms with E-state index < -0.39 is 0 Å². The van der Waals surface area contributed by atoms with Crippen LogP contribution in [0.1, 0.15) is 30.4 Å². The van der Waals surface area contributed by atoms with Crippen molar-refractivity contribution in [1.82, 2.24) is 0 Å². The third-order valence-electron chi connectivity index (χ3n) is 2.94. The van der Waals surface area contributed by atoms with Crippen LogP contribution in [-0.2, 0) is 11.3 Å². The molecule has 0 fully saturated rings. The van der Waals surface area contributed by atoms with E-state index in [2.05, 4.69) is 30.0 Å². The van der Waals surface area contributed by atoms with E-state index in [1.165, 1.54) is 11.1 Å². The fourth-order valence-electron chi connectivity index (χ4n) is 2.10. The molecular formula is C11H14O2. The summed E-state index contributed by atoms with van der Waals surface area (Å²) in [5.41, 5.74) is 2.70. The third kappa shape index (κ3) is 1.47. The van der Waals surface area contributed by atoms with Gasteiger partial charge in [-0.05, 0) is 24.0 Å². The van der Waals surface area contributed by atoms with Gasteiger partial charge in [0, 0.05) is 5.92 Å². The number of hydrogen-bond donors (Lipinski definition) is 1. The molecule has 1 aliphatic carbocycles. The second kappa shape index (κ2) is 3.48. The van der Waals surface area contributed by atoms with E-state index in [0.29, 0.717) is 5.92 Å². The van der Waals surface area contributed by atoms with Gasteiger partial charge in [-0.1, -0.05) is 31.2 Å². The van der Waals surface area contributed by atoms with Crippen LogP contribution in [0.3, 0.4) is 0 Å². The summed E-state index contributed by atoms with van der Waals surface area (Å²) >= 11 is 0. The Labute approximate surface area is 78.1 Å². The van der Waals surface area contributed by atoms with Crippen molar-refractivity contribution in [2.24, 2.45) is 0 Å². The highest BCUT2D eigenvalue weighted by molar-refractivity contribution is 5.33. The molecule has 0 saturated heterocycles. The molecule has 1 aromatic carbocycles. The number of benzene rings is 1. The zero-order chi connectivity index (χ0) is 9.26. The van der Waals surface area contributed by atoms with Gasteiger partial charge < -0.3 is 0 Å². The lowest BCUT2D eigenvalue weighted by Gasteiger charge is -2.28. The van der Waals surface area contributed by atoms with Crippen LogP contribution in [-0.4, -0.2) is 11.4 Å². The molecular weight excluding hydrogens is 164 g/mol. The van der Waals surface area contributed by atoms with Crippen molar-refractivity contribution in [2.75, 3.05) is 0 Å². The lowest BCUT2D eigenvalue weighted by Crippen LogP contribution is -2.25. The van der Waals surface area contributed by atoms with Crippen molar-refractivity contribution < 1.29 is 10.1 Å². The zero-order valence-electron chi connectivity index (χ0n) is 7.73. The van der Waals surface area contributed by atoms with Gasteiger partial charge in [-0.2, -0.15) is 0 Å². The maximum atomic E-state index is 8.69. The first kappa shape index (κ1) is 8.73. The van der Waals surface area contributed by atoms with Crippen LogP contribution < -0.4 is 0 Å². The molecule has 0 aliphatic heterocycles. The molecule has 0 heterocycles. The fourth-order valence-corrected chi connectivity index (χ4v) is 2.10. The smallest absolute Gasteiger partial charge is 0.0996 e. The molecule has 0 radical (unpaired) electrons. The topological polar surface area (TPSA) is 29.5 Å². The molecule has 1 aromatic rings. The minimum atomic E-state index is -0.0325. The summed E-state index contributed by atoms with van der Waals surface area (Å²) in [7, 11) is 0. The van der Waals surface area contributed by atoms with E-state index in [1.54, 1.807) is 0 Å². The monoisotopic (exact) mass is 178 g/mol. The lowest BCUT2D eigenvalue weighted by atomic mass is 9.82. The average Bonchev–Trinajstić information content (AvgIpc) is 2.19. The molecule has 1 N–H and O–H groups in total. The highest BCUT2D eigenvalue weighted by Gasteiger charge is 2.26. The molecule has 70 valence electrons. The number of rotatable bonds is 1. The van der Waals surface area contributed by atoms with Crippen molar-refractivity contribution in [1.29, 1.82) is 0 Å². The first-order valence-electron chi connectivity index (χ1n) is 4.71. The molecule has 2 unspecified atom stereocenters. The van der Waals surface area contributed by atoms with Crippen molar-refractivity contribution in [2.45, 2.75) is 31.8 Å². The average molecular weight is 178 g/mol. The number of fused-ring (bicyclic) bond motifs is 1. The van der Waals surface area contributed by atoms with Gasteiger partial charge in [-0.3, -0.25) is 5.26 Å². The molecule has 2 atom stereocenters. The van der Waals surface area contributed by atoms with Crippen molar-refractivity contribution in [3.05, 3.63) is 35.4 Å². The Bertz CT molecular complexity index is 296. The van der Waals surface area contributed by atoms with Gasteiger partial charge in [0.1, 0.15) is 0 Å². The third-order valence-corrected chi connectivity index (χ3v) is 2.94. The Kier molecular flexibility index (Phi) is 2.34. The molecule has 0 aromatic heterocycles. The molecule has 13 heavy (non-hydrogen) atoms. The van der Waals surface area contributed by atoms with E-state index in [1.807, 2.05) is 6.07 Å². The van der Waals surface area contributed by atoms with Gasteiger partial charge >= 0.3 is 0 Å². The first-order valence-corrected chi connectivity index (χ1v) is 4.71. The Morgan fingerprint density at radius 1 is 1.38 bits per heavy atom. The molecule has 2 heteroatoms. The van der Waals surface area contributed by atoms with Crippen LogP contribution >= 0.6 is 0 Å². The predicted molar refractivity (Wildman–Crippen MR) is 50.7 cm³/mol. The summed E-state index contributed by atoms with van der Waals surface area (Å²) in [5.74, 6) is 0.301. The van der Waals surface area contributed by atoms with Crippen LogP contribution in [0.25, 0.3) is 0 Å². The predicted octanol–water partition coefficient (Wildman–Crippen LogP) is 2.59. The van der Waals surface area contributed by atoms with Crippen LogP contribution in [0.5, 0.6) is 0 Å². The number of hydrogen-bond acceptors (Lipinski definition) is 2. The first-order chi connectivity index (χ1) is 6.33. The Balaban J connectivity index is 2.33. The normalized spacial score (nSPS) is 26.9. The van der Waals surface area contributed by atoms with Gasteiger partial charge in [-0.25, -0.2) is 4.89 Å². The molecule has 1 aliphatic rings. The Morgan fingerprint density at radius 2 is 2.15 bits per heavy atom. The SMILES string of the molecule is CC1c2ccccc2CCC1OO. The standard InChI is InChI=1S/C11H14O2/c1-8-10-5-3-2-4-9(10)6-7-11(8)13-12/h2-5,8,11-12H,6-7H2,1H3. The van der Waals surface area contributed by atoms with Gasteiger partial charge in [0.25, 0.3) is 0 Å². The van der Waals surface area contributed by atoms with Gasteiger partial charge in [0.05, 0.1) is 6.10 Å². The Hall–Kier alpha value is -0.860. The van der Waals surface area contributed by atoms with Crippen molar-refractivity contribution in [3.63, 3.8) is 0 Å². The largest absolute Gasteiger partial charge is 0.252 e. The highest BCUT2D eigenvalue weighted by Crippen LogP contribution is 2.32. The van der Waals surface area contributed by atoms with Gasteiger partial charge in [0.2, 0.25) is 0 Å². The summed E-state index contributed by atoms with van der Waals surface area (Å²) in [4.78, 5) is 4.46. The second-order valence-corrected chi connectivity index (χ2v) is 3.67. The van der Waals surface area contributed by atoms with Gasteiger partial charge in [-0.15, -0.1) is 0 Å². The lowest BCUT2D eigenvalue weighted by molar-refractivity contribution is -0.285. The second-order valence-electron chi connectivity index (χ2n) is 3.67. The number of aryl methyl sites for hydroxylation is 1. The minimum Gasteiger partial charge on any atom is -0.252 e. The molecule has 0 amide bonds. The molecule has 2 rings (SSSR count). The van der Waals surface area contributed by atoms with Crippen LogP contribution in [0.2, 0.25) is 0 Å². The summed E-state index contributed by atoms with van der Waals surface area (Å²) in [6.07, 6.45) is 1.88. The quantitative estimate of drug-likeness (QED) is 0.529. The Morgan fingerprint density at radius 3 is 2.92 bits per heavy atom. The zero-order valence-corrected chi connectivity index (χ0v) is 7.73. The fraction of sp³-hybridized carbons (Fsp3) is 0.455. The maximum Gasteiger partial charge on any atom is 0.0996 e. The summed E-state index contributed by atoms with van der Waals surface area (Å²) in [5, 5.41) is 8.69. The maximum absolute atomic E-state index is 8.69. The van der Waals surface area contributed by atoms with Crippen LogP contribution in [0.4, 0.5) is 0 Å². The summed E-state index contributed by atoms with van der Waals surface area (Å²) < 4.78 is 0. The molecule has 2 nitrogen and oxygen atoms in total. The molecule has 0 spiro atoms. The van der Waals surface area contributed by atoms with E-state index >= 15 is 0 Å². The van der Waals surface area contributed by atoms with E-state index in [4.69, 9.17) is 5.26 Å². The van der Waals surface area contributed by atoms with Gasteiger partial charge in [0.15, 0.2) is 0 Å². The van der Waals surface area contributed by atoms with E-state index in [-0.39, 0.29) is 6.10 Å². The summed E-state index contributed by atoms with van der Waals surface area (Å²) in [6, 6.07) is 8.37. The minimum absolute atomic E-state index is 0.0325. The highest BCUT2D eigenvalue weighted by atomic mass is 17.1. The van der Waals surface area contributed by atoms with E-state index in [9.17, 15) is 0 Å². The van der Waals surface area contributed by atoms with Crippen LogP contribution in [0, 0.1) is 0 Å².